The molecule has 0 bridgehead atoms. The van der Waals surface area contributed by atoms with Gasteiger partial charge in [-0.15, -0.1) is 0 Å². The van der Waals surface area contributed by atoms with E-state index < -0.39 is 46.8 Å². The lowest BCUT2D eigenvalue weighted by Gasteiger charge is -2.07. The fourth-order valence-electron chi connectivity index (χ4n) is 2.64. The van der Waals surface area contributed by atoms with Gasteiger partial charge in [0.25, 0.3) is 5.69 Å². The maximum absolute atomic E-state index is 11.7. The van der Waals surface area contributed by atoms with Gasteiger partial charge in [-0.2, -0.15) is 0 Å². The van der Waals surface area contributed by atoms with E-state index in [1.54, 1.807) is 0 Å². The van der Waals surface area contributed by atoms with Crippen molar-refractivity contribution in [3.8, 4) is 0 Å². The van der Waals surface area contributed by atoms with Crippen molar-refractivity contribution >= 4 is 29.4 Å². The molecule has 1 saturated carbocycles. The molecule has 0 aliphatic heterocycles. The van der Waals surface area contributed by atoms with Gasteiger partial charge in [-0.3, -0.25) is 25.0 Å². The van der Waals surface area contributed by atoms with Crippen LogP contribution in [0.3, 0.4) is 0 Å². The normalized spacial score (nSPS) is 22.5. The van der Waals surface area contributed by atoms with E-state index in [0.717, 1.165) is 6.07 Å². The van der Waals surface area contributed by atoms with Crippen LogP contribution >= 0.6 is 0 Å². The van der Waals surface area contributed by atoms with E-state index in [9.17, 15) is 24.5 Å². The van der Waals surface area contributed by atoms with E-state index in [0.29, 0.717) is 0 Å². The minimum Gasteiger partial charge on any atom is -0.481 e. The number of carbonyl (C=O) groups excluding carboxylic acids is 1. The predicted octanol–water partition coefficient (Wildman–Crippen LogP) is 0.502. The number of nitro groups is 1. The number of hydrogen-bond donors (Lipinski definition) is 4. The Bertz CT molecular complexity index is 722. The van der Waals surface area contributed by atoms with E-state index in [1.165, 1.54) is 18.2 Å². The summed E-state index contributed by atoms with van der Waals surface area (Å²) in [6.07, 6.45) is -0.945. The van der Waals surface area contributed by atoms with Gasteiger partial charge in [-0.05, 0) is 6.07 Å². The van der Waals surface area contributed by atoms with Crippen molar-refractivity contribution in [2.45, 2.75) is 6.04 Å². The van der Waals surface area contributed by atoms with Crippen LogP contribution in [0.4, 0.5) is 16.2 Å². The van der Waals surface area contributed by atoms with Crippen LogP contribution in [0.1, 0.15) is 0 Å². The van der Waals surface area contributed by atoms with Crippen molar-refractivity contribution in [2.75, 3.05) is 11.9 Å². The molecule has 1 amide bonds. The maximum atomic E-state index is 11.7. The van der Waals surface area contributed by atoms with Gasteiger partial charge in [0.1, 0.15) is 6.04 Å². The molecule has 2 rings (SSSR count). The molecular weight excluding hydrogens is 338 g/mol. The number of rotatable bonds is 7. The minimum absolute atomic E-state index is 0.128. The molecule has 4 atom stereocenters. The first-order chi connectivity index (χ1) is 11.7. The standard InChI is InChI=1S/C14H15N3O8/c15-11(13(20)21)9-8(10(9)12(18)19)5-25-14(22)16-6-2-1-3-7(4-6)17(23)24/h1-4,8-11H,5,15H2,(H,16,22)(H,18,19)(H,20,21)/t8-,9+,10+,11+/m0/s1. The molecule has 1 aromatic rings. The second kappa shape index (κ2) is 7.13. The topological polar surface area (TPSA) is 182 Å². The molecule has 0 radical (unpaired) electrons. The molecule has 11 heteroatoms. The molecule has 0 heterocycles. The van der Waals surface area contributed by atoms with Gasteiger partial charge >= 0.3 is 18.0 Å². The van der Waals surface area contributed by atoms with Gasteiger partial charge in [0.15, 0.2) is 0 Å². The van der Waals surface area contributed by atoms with E-state index in [2.05, 4.69) is 5.32 Å². The molecule has 5 N–H and O–H groups in total. The van der Waals surface area contributed by atoms with E-state index in [-0.39, 0.29) is 18.0 Å². The summed E-state index contributed by atoms with van der Waals surface area (Å²) < 4.78 is 4.88. The first kappa shape index (κ1) is 18.1. The van der Waals surface area contributed by atoms with Crippen molar-refractivity contribution in [2.24, 2.45) is 23.5 Å². The average molecular weight is 353 g/mol. The number of nitrogens with two attached hydrogens (primary N) is 1. The number of carboxylic acid groups (broad SMARTS) is 2. The zero-order chi connectivity index (χ0) is 18.7. The van der Waals surface area contributed by atoms with Gasteiger partial charge in [-0.25, -0.2) is 4.79 Å². The Labute approximate surface area is 140 Å². The van der Waals surface area contributed by atoms with Crippen LogP contribution < -0.4 is 11.1 Å². The zero-order valence-electron chi connectivity index (χ0n) is 12.7. The highest BCUT2D eigenvalue weighted by atomic mass is 16.6. The summed E-state index contributed by atoms with van der Waals surface area (Å²) in [6, 6.07) is 3.79. The molecule has 1 fully saturated rings. The molecule has 0 saturated heterocycles. The number of carboxylic acids is 2. The highest BCUT2D eigenvalue weighted by Crippen LogP contribution is 2.48. The number of nitro benzene ring substituents is 1. The summed E-state index contributed by atoms with van der Waals surface area (Å²) in [5.41, 5.74) is 5.34. The fourth-order valence-corrected chi connectivity index (χ4v) is 2.64. The summed E-state index contributed by atoms with van der Waals surface area (Å²) in [4.78, 5) is 43.7. The Morgan fingerprint density at radius 3 is 2.60 bits per heavy atom. The molecule has 0 spiro atoms. The van der Waals surface area contributed by atoms with Crippen LogP contribution in [0.25, 0.3) is 0 Å². The van der Waals surface area contributed by atoms with Crippen LogP contribution in [0.15, 0.2) is 24.3 Å². The van der Waals surface area contributed by atoms with Gasteiger partial charge in [-0.1, -0.05) is 6.07 Å². The lowest BCUT2D eigenvalue weighted by molar-refractivity contribution is -0.384. The van der Waals surface area contributed by atoms with Crippen LogP contribution in [-0.2, 0) is 14.3 Å². The van der Waals surface area contributed by atoms with Crippen molar-refractivity contribution in [1.29, 1.82) is 0 Å². The number of carbonyl (C=O) groups is 3. The molecule has 25 heavy (non-hydrogen) atoms. The van der Waals surface area contributed by atoms with Crippen molar-refractivity contribution in [1.82, 2.24) is 0 Å². The number of amides is 1. The lowest BCUT2D eigenvalue weighted by Crippen LogP contribution is -2.34. The second-order valence-corrected chi connectivity index (χ2v) is 5.50. The van der Waals surface area contributed by atoms with Crippen molar-refractivity contribution in [3.05, 3.63) is 34.4 Å². The molecule has 11 nitrogen and oxygen atoms in total. The third-order valence-electron chi connectivity index (χ3n) is 3.92. The fraction of sp³-hybridized carbons (Fsp3) is 0.357. The van der Waals surface area contributed by atoms with Crippen molar-refractivity contribution < 1.29 is 34.3 Å². The number of nitrogens with zero attached hydrogens (tertiary/aromatic N) is 1. The predicted molar refractivity (Wildman–Crippen MR) is 81.8 cm³/mol. The van der Waals surface area contributed by atoms with Crippen LogP contribution in [-0.4, -0.2) is 45.8 Å². The quantitative estimate of drug-likeness (QED) is 0.400. The highest BCUT2D eigenvalue weighted by molar-refractivity contribution is 5.85. The third kappa shape index (κ3) is 4.20. The van der Waals surface area contributed by atoms with Gasteiger partial charge in [0, 0.05) is 24.0 Å². The summed E-state index contributed by atoms with van der Waals surface area (Å²) in [5, 5.41) is 30.8. The number of benzene rings is 1. The molecule has 1 aliphatic rings. The highest BCUT2D eigenvalue weighted by Gasteiger charge is 2.60. The number of hydrogen-bond acceptors (Lipinski definition) is 7. The summed E-state index contributed by atoms with van der Waals surface area (Å²) in [6.45, 7) is -0.330. The number of aliphatic carboxylic acids is 2. The molecule has 0 unspecified atom stereocenters. The van der Waals surface area contributed by atoms with Crippen LogP contribution in [0.2, 0.25) is 0 Å². The monoisotopic (exact) mass is 353 g/mol. The largest absolute Gasteiger partial charge is 0.481 e. The number of nitrogens with one attached hydrogen (secondary N) is 1. The molecule has 134 valence electrons. The Kier molecular flexibility index (Phi) is 5.17. The Morgan fingerprint density at radius 1 is 1.36 bits per heavy atom. The average Bonchev–Trinajstić information content (AvgIpc) is 3.26. The van der Waals surface area contributed by atoms with E-state index >= 15 is 0 Å². The van der Waals surface area contributed by atoms with Gasteiger partial charge in [0.2, 0.25) is 0 Å². The molecule has 1 aliphatic carbocycles. The smallest absolute Gasteiger partial charge is 0.411 e. The van der Waals surface area contributed by atoms with Gasteiger partial charge < -0.3 is 20.7 Å². The Morgan fingerprint density at radius 2 is 2.04 bits per heavy atom. The van der Waals surface area contributed by atoms with Crippen LogP contribution in [0.5, 0.6) is 0 Å². The second-order valence-electron chi connectivity index (χ2n) is 5.50. The van der Waals surface area contributed by atoms with Crippen LogP contribution in [0, 0.1) is 27.9 Å². The number of ether oxygens (including phenoxy) is 1. The zero-order valence-corrected chi connectivity index (χ0v) is 12.7. The number of anilines is 1. The lowest BCUT2D eigenvalue weighted by atomic mass is 10.1. The van der Waals surface area contributed by atoms with Crippen molar-refractivity contribution in [3.63, 3.8) is 0 Å². The summed E-state index contributed by atoms with van der Waals surface area (Å²) in [5.74, 6) is -5.09. The Hall–Kier alpha value is -3.21. The SMILES string of the molecule is N[C@@H](C(=O)O)[C@@H]1[C@H](COC(=O)Nc2cccc([N+](=O)[O-])c2)[C@H]1C(=O)O. The number of non-ortho nitro benzene ring substituents is 1. The Balaban J connectivity index is 1.91. The third-order valence-corrected chi connectivity index (χ3v) is 3.92. The van der Waals surface area contributed by atoms with Gasteiger partial charge in [0.05, 0.1) is 23.1 Å². The minimum atomic E-state index is -1.37. The van der Waals surface area contributed by atoms with E-state index in [1.807, 2.05) is 0 Å². The maximum Gasteiger partial charge on any atom is 0.411 e. The molecular formula is C14H15N3O8. The summed E-state index contributed by atoms with van der Waals surface area (Å²) >= 11 is 0. The first-order valence-electron chi connectivity index (χ1n) is 7.11. The molecule has 0 aromatic heterocycles. The first-order valence-corrected chi connectivity index (χ1v) is 7.11. The summed E-state index contributed by atoms with van der Waals surface area (Å²) in [7, 11) is 0. The molecule has 1 aromatic carbocycles. The van der Waals surface area contributed by atoms with E-state index in [4.69, 9.17) is 20.7 Å².